The molecular weight excluding hydrogens is 342 g/mol. The van der Waals surface area contributed by atoms with E-state index in [0.29, 0.717) is 5.56 Å². The Hall–Kier alpha value is -2.37. The van der Waals surface area contributed by atoms with Crippen molar-refractivity contribution >= 4 is 23.8 Å². The molecule has 2 amide bonds. The number of hydrogen-bond acceptors (Lipinski definition) is 4. The first-order valence-corrected chi connectivity index (χ1v) is 9.82. The van der Waals surface area contributed by atoms with E-state index in [4.69, 9.17) is 0 Å². The normalized spacial score (nSPS) is 19.0. The van der Waals surface area contributed by atoms with E-state index < -0.39 is 0 Å². The maximum atomic E-state index is 12.9. The van der Waals surface area contributed by atoms with E-state index in [1.165, 1.54) is 0 Å². The van der Waals surface area contributed by atoms with Crippen LogP contribution in [0.3, 0.4) is 0 Å². The lowest BCUT2D eigenvalue weighted by Gasteiger charge is -2.39. The summed E-state index contributed by atoms with van der Waals surface area (Å²) in [6.07, 6.45) is 4.29. The summed E-state index contributed by atoms with van der Waals surface area (Å²) >= 11 is 0. The molecule has 27 heavy (non-hydrogen) atoms. The van der Waals surface area contributed by atoms with Gasteiger partial charge in [0, 0.05) is 63.4 Å². The van der Waals surface area contributed by atoms with Crippen LogP contribution in [0.2, 0.25) is 0 Å². The molecule has 2 fully saturated rings. The Balaban J connectivity index is 1.50. The number of carbonyl (C=O) groups is 3. The van der Waals surface area contributed by atoms with Gasteiger partial charge < -0.3 is 14.7 Å². The quantitative estimate of drug-likeness (QED) is 0.761. The highest BCUT2D eigenvalue weighted by atomic mass is 16.2. The van der Waals surface area contributed by atoms with E-state index in [1.807, 2.05) is 41.1 Å². The fraction of sp³-hybridized carbons (Fsp3) is 0.571. The van der Waals surface area contributed by atoms with Crippen molar-refractivity contribution in [2.45, 2.75) is 38.6 Å². The molecule has 2 aliphatic heterocycles. The molecule has 1 aromatic rings. The van der Waals surface area contributed by atoms with Crippen molar-refractivity contribution < 1.29 is 14.4 Å². The third kappa shape index (κ3) is 4.49. The van der Waals surface area contributed by atoms with Crippen molar-refractivity contribution in [3.05, 3.63) is 29.8 Å². The van der Waals surface area contributed by atoms with Crippen LogP contribution >= 0.6 is 0 Å². The molecule has 0 radical (unpaired) electrons. The zero-order valence-corrected chi connectivity index (χ0v) is 16.3. The van der Waals surface area contributed by atoms with Gasteiger partial charge in [0.25, 0.3) is 0 Å². The van der Waals surface area contributed by atoms with Gasteiger partial charge in [-0.1, -0.05) is 0 Å². The molecular formula is C21H29N3O3. The molecule has 0 N–H and O–H groups in total. The van der Waals surface area contributed by atoms with E-state index in [0.717, 1.165) is 63.8 Å². The minimum atomic E-state index is 0.0753. The Morgan fingerprint density at radius 1 is 1.00 bits per heavy atom. The summed E-state index contributed by atoms with van der Waals surface area (Å²) < 4.78 is 0. The molecule has 3 rings (SSSR count). The molecule has 0 aromatic heterocycles. The maximum absolute atomic E-state index is 12.9. The van der Waals surface area contributed by atoms with E-state index in [2.05, 4.69) is 4.90 Å². The van der Waals surface area contributed by atoms with Crippen LogP contribution in [0.1, 0.15) is 43.0 Å². The first-order chi connectivity index (χ1) is 13.0. The molecule has 2 aliphatic rings. The molecule has 0 saturated carbocycles. The molecule has 6 heteroatoms. The largest absolute Gasteiger partial charge is 0.371 e. The Labute approximate surface area is 161 Å². The van der Waals surface area contributed by atoms with Crippen molar-refractivity contribution in [1.29, 1.82) is 0 Å². The van der Waals surface area contributed by atoms with Crippen molar-refractivity contribution in [3.63, 3.8) is 0 Å². The zero-order valence-electron chi connectivity index (χ0n) is 16.3. The first-order valence-electron chi connectivity index (χ1n) is 9.82. The van der Waals surface area contributed by atoms with Crippen LogP contribution in [0.15, 0.2) is 24.3 Å². The Morgan fingerprint density at radius 3 is 2.11 bits per heavy atom. The molecule has 0 bridgehead atoms. The van der Waals surface area contributed by atoms with Gasteiger partial charge in [-0.25, -0.2) is 0 Å². The number of carbonyl (C=O) groups excluding carboxylic acids is 3. The molecule has 2 saturated heterocycles. The highest BCUT2D eigenvalue weighted by Gasteiger charge is 2.32. The second-order valence-corrected chi connectivity index (χ2v) is 7.66. The first kappa shape index (κ1) is 19.4. The van der Waals surface area contributed by atoms with Crippen LogP contribution < -0.4 is 4.90 Å². The van der Waals surface area contributed by atoms with Gasteiger partial charge in [0.1, 0.15) is 6.29 Å². The Bertz CT molecular complexity index is 672. The van der Waals surface area contributed by atoms with Gasteiger partial charge in [0.05, 0.1) is 0 Å². The maximum Gasteiger partial charge on any atom is 0.225 e. The second-order valence-electron chi connectivity index (χ2n) is 7.66. The lowest BCUT2D eigenvalue weighted by atomic mass is 9.93. The highest BCUT2D eigenvalue weighted by molar-refractivity contribution is 5.79. The van der Waals surface area contributed by atoms with Gasteiger partial charge in [-0.3, -0.25) is 14.4 Å². The monoisotopic (exact) mass is 371 g/mol. The minimum absolute atomic E-state index is 0.0753. The number of amides is 2. The van der Waals surface area contributed by atoms with Gasteiger partial charge in [-0.15, -0.1) is 0 Å². The van der Waals surface area contributed by atoms with E-state index >= 15 is 0 Å². The predicted octanol–water partition coefficient (Wildman–Crippen LogP) is 2.18. The third-order valence-electron chi connectivity index (χ3n) is 6.04. The second kappa shape index (κ2) is 8.55. The lowest BCUT2D eigenvalue weighted by molar-refractivity contribution is -0.138. The molecule has 2 heterocycles. The van der Waals surface area contributed by atoms with Crippen LogP contribution in [-0.4, -0.2) is 67.2 Å². The van der Waals surface area contributed by atoms with E-state index in [9.17, 15) is 14.4 Å². The summed E-state index contributed by atoms with van der Waals surface area (Å²) in [7, 11) is 1.92. The average Bonchev–Trinajstić information content (AvgIpc) is 2.73. The Kier molecular flexibility index (Phi) is 6.14. The summed E-state index contributed by atoms with van der Waals surface area (Å²) in [5.74, 6) is 0.439. The predicted molar refractivity (Wildman–Crippen MR) is 105 cm³/mol. The number of likely N-dealkylation sites (tertiary alicyclic amines) is 1. The lowest BCUT2D eigenvalue weighted by Crippen LogP contribution is -2.49. The molecule has 0 spiro atoms. The SMILES string of the molecule is CC(=O)N1CCC(N(C)C(=O)C2CCN(c3ccc(C=O)cc3)CC2)CC1. The number of nitrogens with zero attached hydrogens (tertiary/aromatic N) is 3. The molecule has 6 nitrogen and oxygen atoms in total. The number of hydrogen-bond donors (Lipinski definition) is 0. The van der Waals surface area contributed by atoms with Gasteiger partial charge in [-0.2, -0.15) is 0 Å². The van der Waals surface area contributed by atoms with Crippen molar-refractivity contribution in [2.75, 3.05) is 38.1 Å². The van der Waals surface area contributed by atoms with Gasteiger partial charge in [0.15, 0.2) is 0 Å². The number of rotatable bonds is 4. The summed E-state index contributed by atoms with van der Waals surface area (Å²) in [6.45, 7) is 4.80. The zero-order chi connectivity index (χ0) is 19.4. The molecule has 0 unspecified atom stereocenters. The van der Waals surface area contributed by atoms with Crippen LogP contribution in [-0.2, 0) is 9.59 Å². The fourth-order valence-corrected chi connectivity index (χ4v) is 4.18. The molecule has 1 aromatic carbocycles. The topological polar surface area (TPSA) is 60.9 Å². The van der Waals surface area contributed by atoms with E-state index in [-0.39, 0.29) is 23.8 Å². The number of anilines is 1. The van der Waals surface area contributed by atoms with E-state index in [1.54, 1.807) is 6.92 Å². The summed E-state index contributed by atoms with van der Waals surface area (Å²) in [5, 5.41) is 0. The third-order valence-corrected chi connectivity index (χ3v) is 6.04. The van der Waals surface area contributed by atoms with Crippen molar-refractivity contribution in [2.24, 2.45) is 5.92 Å². The summed E-state index contributed by atoms with van der Waals surface area (Å²) in [5.41, 5.74) is 1.79. The van der Waals surface area contributed by atoms with Crippen LogP contribution in [0.4, 0.5) is 5.69 Å². The minimum Gasteiger partial charge on any atom is -0.371 e. The van der Waals surface area contributed by atoms with Gasteiger partial charge >= 0.3 is 0 Å². The number of benzene rings is 1. The van der Waals surface area contributed by atoms with Crippen molar-refractivity contribution in [1.82, 2.24) is 9.80 Å². The van der Waals surface area contributed by atoms with Crippen LogP contribution in [0.25, 0.3) is 0 Å². The van der Waals surface area contributed by atoms with Crippen LogP contribution in [0, 0.1) is 5.92 Å². The average molecular weight is 371 g/mol. The molecule has 0 aliphatic carbocycles. The molecule has 0 atom stereocenters. The van der Waals surface area contributed by atoms with Crippen LogP contribution in [0.5, 0.6) is 0 Å². The van der Waals surface area contributed by atoms with Crippen molar-refractivity contribution in [3.8, 4) is 0 Å². The van der Waals surface area contributed by atoms with Gasteiger partial charge in [-0.05, 0) is 49.9 Å². The number of piperidine rings is 2. The molecule has 146 valence electrons. The van der Waals surface area contributed by atoms with Gasteiger partial charge in [0.2, 0.25) is 11.8 Å². The summed E-state index contributed by atoms with van der Waals surface area (Å²) in [4.78, 5) is 41.2. The standard InChI is InChI=1S/C21H29N3O3/c1-16(26)23-13-9-19(10-14-23)22(2)21(27)18-7-11-24(12-8-18)20-5-3-17(15-25)4-6-20/h3-6,15,18-19H,7-14H2,1-2H3. The summed E-state index contributed by atoms with van der Waals surface area (Å²) in [6, 6.07) is 7.85. The Morgan fingerprint density at radius 2 is 1.59 bits per heavy atom. The number of aldehydes is 1. The highest BCUT2D eigenvalue weighted by Crippen LogP contribution is 2.26. The smallest absolute Gasteiger partial charge is 0.225 e. The fourth-order valence-electron chi connectivity index (χ4n) is 4.18.